The van der Waals surface area contributed by atoms with Crippen molar-refractivity contribution < 1.29 is 0 Å². The summed E-state index contributed by atoms with van der Waals surface area (Å²) in [5.74, 6) is 0.720. The van der Waals surface area contributed by atoms with Gasteiger partial charge < -0.3 is 5.32 Å². The number of nitrogens with one attached hydrogen (secondary N) is 1. The third kappa shape index (κ3) is 3.43. The van der Waals surface area contributed by atoms with Gasteiger partial charge in [-0.05, 0) is 38.3 Å². The van der Waals surface area contributed by atoms with Crippen molar-refractivity contribution in [2.75, 3.05) is 0 Å². The fraction of sp³-hybridized carbons (Fsp3) is 0.312. The maximum Gasteiger partial charge on any atom is 0.160 e. The summed E-state index contributed by atoms with van der Waals surface area (Å²) < 4.78 is 1.16. The molecule has 0 unspecified atom stereocenters. The van der Waals surface area contributed by atoms with Crippen molar-refractivity contribution in [1.29, 1.82) is 0 Å². The lowest BCUT2D eigenvalue weighted by Gasteiger charge is -2.20. The number of rotatable bonds is 3. The van der Waals surface area contributed by atoms with E-state index in [1.807, 2.05) is 30.0 Å². The molecule has 3 aromatic rings. The molecule has 0 atom stereocenters. The van der Waals surface area contributed by atoms with Gasteiger partial charge in [0, 0.05) is 41.8 Å². The highest BCUT2D eigenvalue weighted by molar-refractivity contribution is 7.17. The molecule has 0 aliphatic rings. The first-order chi connectivity index (χ1) is 10.0. The van der Waals surface area contributed by atoms with Crippen LogP contribution in [0.4, 0.5) is 0 Å². The van der Waals surface area contributed by atoms with Crippen molar-refractivity contribution in [1.82, 2.24) is 20.3 Å². The molecule has 0 aromatic carbocycles. The summed E-state index contributed by atoms with van der Waals surface area (Å²) in [6.45, 7) is 7.20. The van der Waals surface area contributed by atoms with E-state index in [0.717, 1.165) is 33.7 Å². The summed E-state index contributed by atoms with van der Waals surface area (Å²) >= 11 is 1.68. The molecule has 5 heteroatoms. The zero-order chi connectivity index (χ0) is 14.9. The van der Waals surface area contributed by atoms with E-state index in [9.17, 15) is 0 Å². The standard InChI is InChI=1S/C16H18N4S/c1-16(2,3)20-9-11-7-18-15(19-8-11)12-6-14-13(17-10-12)4-5-21-14/h4-8,10,20H,9H2,1-3H3. The minimum atomic E-state index is 0.0901. The average Bonchev–Trinajstić information content (AvgIpc) is 2.92. The molecule has 0 fully saturated rings. The Morgan fingerprint density at radius 3 is 2.57 bits per heavy atom. The van der Waals surface area contributed by atoms with Gasteiger partial charge in [-0.1, -0.05) is 0 Å². The van der Waals surface area contributed by atoms with E-state index in [2.05, 4.69) is 47.1 Å². The minimum Gasteiger partial charge on any atom is -0.308 e. The van der Waals surface area contributed by atoms with Gasteiger partial charge in [-0.3, -0.25) is 4.98 Å². The van der Waals surface area contributed by atoms with E-state index in [1.54, 1.807) is 11.3 Å². The van der Waals surface area contributed by atoms with Crippen LogP contribution in [0.1, 0.15) is 26.3 Å². The predicted octanol–water partition coefficient (Wildman–Crippen LogP) is 3.64. The number of hydrogen-bond acceptors (Lipinski definition) is 5. The summed E-state index contributed by atoms with van der Waals surface area (Å²) in [6, 6.07) is 4.11. The zero-order valence-corrected chi connectivity index (χ0v) is 13.2. The number of aromatic nitrogens is 3. The smallest absolute Gasteiger partial charge is 0.160 e. The van der Waals surface area contributed by atoms with Crippen LogP contribution in [0.15, 0.2) is 36.1 Å². The molecule has 0 saturated heterocycles. The molecule has 0 amide bonds. The van der Waals surface area contributed by atoms with Crippen LogP contribution in [-0.2, 0) is 6.54 Å². The quantitative estimate of drug-likeness (QED) is 0.802. The molecule has 0 aliphatic carbocycles. The fourth-order valence-corrected chi connectivity index (χ4v) is 2.71. The van der Waals surface area contributed by atoms with Crippen LogP contribution >= 0.6 is 11.3 Å². The highest BCUT2D eigenvalue weighted by Gasteiger charge is 2.09. The Labute approximate surface area is 128 Å². The molecule has 0 radical (unpaired) electrons. The Balaban J connectivity index is 1.80. The molecule has 1 N–H and O–H groups in total. The van der Waals surface area contributed by atoms with Gasteiger partial charge in [0.2, 0.25) is 0 Å². The van der Waals surface area contributed by atoms with Crippen molar-refractivity contribution >= 4 is 21.6 Å². The number of pyridine rings is 1. The molecule has 0 saturated carbocycles. The van der Waals surface area contributed by atoms with E-state index in [-0.39, 0.29) is 5.54 Å². The molecule has 0 spiro atoms. The van der Waals surface area contributed by atoms with E-state index >= 15 is 0 Å². The van der Waals surface area contributed by atoms with Crippen molar-refractivity contribution in [2.45, 2.75) is 32.9 Å². The SMILES string of the molecule is CC(C)(C)NCc1cnc(-c2cnc3ccsc3c2)nc1. The average molecular weight is 298 g/mol. The van der Waals surface area contributed by atoms with Crippen molar-refractivity contribution in [3.63, 3.8) is 0 Å². The van der Waals surface area contributed by atoms with Crippen LogP contribution < -0.4 is 5.32 Å². The monoisotopic (exact) mass is 298 g/mol. The molecule has 0 bridgehead atoms. The Morgan fingerprint density at radius 2 is 1.86 bits per heavy atom. The van der Waals surface area contributed by atoms with E-state index < -0.39 is 0 Å². The highest BCUT2D eigenvalue weighted by atomic mass is 32.1. The van der Waals surface area contributed by atoms with E-state index in [1.165, 1.54) is 0 Å². The molecule has 108 valence electrons. The second-order valence-corrected chi connectivity index (χ2v) is 6.99. The molecule has 21 heavy (non-hydrogen) atoms. The second kappa shape index (κ2) is 5.50. The maximum absolute atomic E-state index is 4.45. The third-order valence-corrected chi connectivity index (χ3v) is 3.94. The Kier molecular flexibility index (Phi) is 3.69. The van der Waals surface area contributed by atoms with Crippen LogP contribution in [0.3, 0.4) is 0 Å². The molecular formula is C16H18N4S. The lowest BCUT2D eigenvalue weighted by atomic mass is 10.1. The van der Waals surface area contributed by atoms with Gasteiger partial charge in [0.05, 0.1) is 10.2 Å². The van der Waals surface area contributed by atoms with Crippen molar-refractivity contribution in [3.8, 4) is 11.4 Å². The molecule has 0 aliphatic heterocycles. The number of thiophene rings is 1. The first-order valence-electron chi connectivity index (χ1n) is 6.91. The topological polar surface area (TPSA) is 50.7 Å². The summed E-state index contributed by atoms with van der Waals surface area (Å²) in [7, 11) is 0. The molecule has 3 rings (SSSR count). The van der Waals surface area contributed by atoms with Crippen LogP contribution in [0.2, 0.25) is 0 Å². The number of fused-ring (bicyclic) bond motifs is 1. The van der Waals surface area contributed by atoms with Crippen LogP contribution in [-0.4, -0.2) is 20.5 Å². The van der Waals surface area contributed by atoms with Crippen molar-refractivity contribution in [3.05, 3.63) is 41.7 Å². The van der Waals surface area contributed by atoms with Gasteiger partial charge in [0.25, 0.3) is 0 Å². The van der Waals surface area contributed by atoms with Gasteiger partial charge in [-0.15, -0.1) is 11.3 Å². The Hall–Kier alpha value is -1.85. The lowest BCUT2D eigenvalue weighted by molar-refractivity contribution is 0.423. The van der Waals surface area contributed by atoms with Gasteiger partial charge in [0.1, 0.15) is 0 Å². The van der Waals surface area contributed by atoms with E-state index in [4.69, 9.17) is 0 Å². The molecule has 4 nitrogen and oxygen atoms in total. The maximum atomic E-state index is 4.45. The molecule has 3 aromatic heterocycles. The van der Waals surface area contributed by atoms with Gasteiger partial charge in [-0.25, -0.2) is 9.97 Å². The predicted molar refractivity (Wildman–Crippen MR) is 87.2 cm³/mol. The minimum absolute atomic E-state index is 0.0901. The van der Waals surface area contributed by atoms with Crippen molar-refractivity contribution in [2.24, 2.45) is 0 Å². The Bertz CT molecular complexity index is 741. The first-order valence-corrected chi connectivity index (χ1v) is 7.79. The van der Waals surface area contributed by atoms with Crippen LogP contribution in [0, 0.1) is 0 Å². The largest absolute Gasteiger partial charge is 0.308 e. The number of nitrogens with zero attached hydrogens (tertiary/aromatic N) is 3. The van der Waals surface area contributed by atoms with Crippen LogP contribution in [0.5, 0.6) is 0 Å². The van der Waals surface area contributed by atoms with Gasteiger partial charge in [-0.2, -0.15) is 0 Å². The zero-order valence-electron chi connectivity index (χ0n) is 12.4. The molecule has 3 heterocycles. The van der Waals surface area contributed by atoms with Gasteiger partial charge in [0.15, 0.2) is 5.82 Å². The highest BCUT2D eigenvalue weighted by Crippen LogP contribution is 2.23. The van der Waals surface area contributed by atoms with E-state index in [0.29, 0.717) is 0 Å². The first kappa shape index (κ1) is 14.1. The summed E-state index contributed by atoms with van der Waals surface area (Å²) in [6.07, 6.45) is 5.58. The number of hydrogen-bond donors (Lipinski definition) is 1. The second-order valence-electron chi connectivity index (χ2n) is 6.05. The van der Waals surface area contributed by atoms with Crippen LogP contribution in [0.25, 0.3) is 21.6 Å². The lowest BCUT2D eigenvalue weighted by Crippen LogP contribution is -2.35. The Morgan fingerprint density at radius 1 is 1.10 bits per heavy atom. The molecular weight excluding hydrogens is 280 g/mol. The normalized spacial score (nSPS) is 12.0. The third-order valence-electron chi connectivity index (χ3n) is 3.09. The summed E-state index contributed by atoms with van der Waals surface area (Å²) in [5.41, 5.74) is 3.15. The summed E-state index contributed by atoms with van der Waals surface area (Å²) in [5, 5.41) is 5.47. The summed E-state index contributed by atoms with van der Waals surface area (Å²) in [4.78, 5) is 13.3. The van der Waals surface area contributed by atoms with Gasteiger partial charge >= 0.3 is 0 Å². The fourth-order valence-electron chi connectivity index (χ4n) is 1.93.